The van der Waals surface area contributed by atoms with Gasteiger partial charge in [-0.3, -0.25) is 0 Å². The standard InChI is InChI=1S/C21H28N2O/c1-17(22-14-11-18-5-3-2-4-6-18)19-7-9-20(10-8-19)23-15-12-21(24)13-16-23/h2-10,17,21-22,24H,11-16H2,1H3. The Bertz CT molecular complexity index is 603. The predicted octanol–water partition coefficient (Wildman–Crippen LogP) is 3.54. The zero-order chi connectivity index (χ0) is 16.8. The normalized spacial score (nSPS) is 17.0. The molecule has 0 bridgehead atoms. The third-order valence-electron chi connectivity index (χ3n) is 4.93. The fourth-order valence-corrected chi connectivity index (χ4v) is 3.29. The molecule has 0 radical (unpaired) electrons. The summed E-state index contributed by atoms with van der Waals surface area (Å²) in [7, 11) is 0. The molecular formula is C21H28N2O. The van der Waals surface area contributed by atoms with Crippen LogP contribution in [0.4, 0.5) is 5.69 Å². The first-order valence-corrected chi connectivity index (χ1v) is 9.02. The largest absolute Gasteiger partial charge is 0.393 e. The highest BCUT2D eigenvalue weighted by atomic mass is 16.3. The fraction of sp³-hybridized carbons (Fsp3) is 0.429. The smallest absolute Gasteiger partial charge is 0.0574 e. The molecule has 1 aliphatic heterocycles. The van der Waals surface area contributed by atoms with Crippen molar-refractivity contribution < 1.29 is 5.11 Å². The molecule has 2 aromatic carbocycles. The molecule has 3 rings (SSSR count). The second kappa shape index (κ2) is 8.32. The summed E-state index contributed by atoms with van der Waals surface area (Å²) < 4.78 is 0. The van der Waals surface area contributed by atoms with Gasteiger partial charge in [-0.2, -0.15) is 0 Å². The quantitative estimate of drug-likeness (QED) is 0.853. The lowest BCUT2D eigenvalue weighted by atomic mass is 10.0. The first-order valence-electron chi connectivity index (χ1n) is 9.02. The number of rotatable bonds is 6. The van der Waals surface area contributed by atoms with Crippen LogP contribution in [0.3, 0.4) is 0 Å². The van der Waals surface area contributed by atoms with Gasteiger partial charge < -0.3 is 15.3 Å². The van der Waals surface area contributed by atoms with Crippen molar-refractivity contribution >= 4 is 5.69 Å². The van der Waals surface area contributed by atoms with Crippen LogP contribution >= 0.6 is 0 Å². The van der Waals surface area contributed by atoms with E-state index in [4.69, 9.17) is 0 Å². The number of benzene rings is 2. The predicted molar refractivity (Wildman–Crippen MR) is 100 cm³/mol. The molecule has 1 fully saturated rings. The van der Waals surface area contributed by atoms with Crippen LogP contribution in [0, 0.1) is 0 Å². The van der Waals surface area contributed by atoms with Crippen molar-refractivity contribution in [1.29, 1.82) is 0 Å². The van der Waals surface area contributed by atoms with Crippen molar-refractivity contribution in [3.8, 4) is 0 Å². The molecule has 0 saturated carbocycles. The van der Waals surface area contributed by atoms with Gasteiger partial charge in [0, 0.05) is 24.8 Å². The van der Waals surface area contributed by atoms with Crippen LogP contribution in [0.5, 0.6) is 0 Å². The Morgan fingerprint density at radius 1 is 1.04 bits per heavy atom. The average Bonchev–Trinajstić information content (AvgIpc) is 2.63. The van der Waals surface area contributed by atoms with Gasteiger partial charge in [0.05, 0.1) is 6.10 Å². The first-order chi connectivity index (χ1) is 11.7. The molecule has 0 amide bonds. The van der Waals surface area contributed by atoms with Crippen molar-refractivity contribution in [2.75, 3.05) is 24.5 Å². The Hall–Kier alpha value is -1.84. The molecule has 1 atom stereocenters. The number of hydrogen-bond donors (Lipinski definition) is 2. The summed E-state index contributed by atoms with van der Waals surface area (Å²) in [5, 5.41) is 13.2. The van der Waals surface area contributed by atoms with E-state index in [9.17, 15) is 5.11 Å². The molecule has 128 valence electrons. The Labute approximate surface area is 145 Å². The monoisotopic (exact) mass is 324 g/mol. The zero-order valence-electron chi connectivity index (χ0n) is 14.5. The summed E-state index contributed by atoms with van der Waals surface area (Å²) in [6.45, 7) is 5.10. The number of hydrogen-bond acceptors (Lipinski definition) is 3. The Balaban J connectivity index is 1.49. The molecule has 1 heterocycles. The minimum Gasteiger partial charge on any atom is -0.393 e. The van der Waals surface area contributed by atoms with Gasteiger partial charge in [-0.15, -0.1) is 0 Å². The molecular weight excluding hydrogens is 296 g/mol. The third kappa shape index (κ3) is 4.59. The maximum Gasteiger partial charge on any atom is 0.0574 e. The van der Waals surface area contributed by atoms with Crippen molar-refractivity contribution in [3.05, 3.63) is 65.7 Å². The van der Waals surface area contributed by atoms with Gasteiger partial charge in [0.25, 0.3) is 0 Å². The molecule has 0 aromatic heterocycles. The molecule has 2 aromatic rings. The maximum atomic E-state index is 9.62. The SMILES string of the molecule is CC(NCCc1ccccc1)c1ccc(N2CCC(O)CC2)cc1. The number of nitrogens with zero attached hydrogens (tertiary/aromatic N) is 1. The number of piperidine rings is 1. The number of nitrogens with one attached hydrogen (secondary N) is 1. The lowest BCUT2D eigenvalue weighted by molar-refractivity contribution is 0.145. The van der Waals surface area contributed by atoms with Gasteiger partial charge in [-0.1, -0.05) is 42.5 Å². The molecule has 24 heavy (non-hydrogen) atoms. The van der Waals surface area contributed by atoms with E-state index in [1.165, 1.54) is 16.8 Å². The van der Waals surface area contributed by atoms with E-state index in [1.807, 2.05) is 0 Å². The highest BCUT2D eigenvalue weighted by Gasteiger charge is 2.17. The Morgan fingerprint density at radius 2 is 1.71 bits per heavy atom. The van der Waals surface area contributed by atoms with Crippen LogP contribution < -0.4 is 10.2 Å². The van der Waals surface area contributed by atoms with Gasteiger partial charge in [-0.25, -0.2) is 0 Å². The van der Waals surface area contributed by atoms with Crippen molar-refractivity contribution in [2.45, 2.75) is 38.3 Å². The number of anilines is 1. The van der Waals surface area contributed by atoms with E-state index in [2.05, 4.69) is 71.7 Å². The first kappa shape index (κ1) is 17.0. The van der Waals surface area contributed by atoms with Gasteiger partial charge in [0.15, 0.2) is 0 Å². The van der Waals surface area contributed by atoms with Crippen LogP contribution in [-0.2, 0) is 6.42 Å². The lowest BCUT2D eigenvalue weighted by Crippen LogP contribution is -2.35. The molecule has 1 unspecified atom stereocenters. The van der Waals surface area contributed by atoms with Crippen molar-refractivity contribution in [1.82, 2.24) is 5.32 Å². The number of aliphatic hydroxyl groups excluding tert-OH is 1. The van der Waals surface area contributed by atoms with Crippen LogP contribution in [0.1, 0.15) is 36.9 Å². The molecule has 3 nitrogen and oxygen atoms in total. The van der Waals surface area contributed by atoms with Gasteiger partial charge in [0.2, 0.25) is 0 Å². The highest BCUT2D eigenvalue weighted by Crippen LogP contribution is 2.22. The van der Waals surface area contributed by atoms with Crippen molar-refractivity contribution in [2.24, 2.45) is 0 Å². The Morgan fingerprint density at radius 3 is 2.38 bits per heavy atom. The molecule has 0 aliphatic carbocycles. The van der Waals surface area contributed by atoms with E-state index in [0.717, 1.165) is 38.9 Å². The van der Waals surface area contributed by atoms with Gasteiger partial charge >= 0.3 is 0 Å². The van der Waals surface area contributed by atoms with E-state index in [-0.39, 0.29) is 6.10 Å². The maximum absolute atomic E-state index is 9.62. The Kier molecular flexibility index (Phi) is 5.89. The summed E-state index contributed by atoms with van der Waals surface area (Å²) in [5.74, 6) is 0. The van der Waals surface area contributed by atoms with Crippen LogP contribution in [0.25, 0.3) is 0 Å². The summed E-state index contributed by atoms with van der Waals surface area (Å²) in [4.78, 5) is 2.37. The van der Waals surface area contributed by atoms with Crippen LogP contribution in [-0.4, -0.2) is 30.8 Å². The summed E-state index contributed by atoms with van der Waals surface area (Å²) >= 11 is 0. The van der Waals surface area contributed by atoms with E-state index in [1.54, 1.807) is 0 Å². The van der Waals surface area contributed by atoms with E-state index < -0.39 is 0 Å². The summed E-state index contributed by atoms with van der Waals surface area (Å²) in [6, 6.07) is 19.8. The van der Waals surface area contributed by atoms with Crippen LogP contribution in [0.2, 0.25) is 0 Å². The third-order valence-corrected chi connectivity index (χ3v) is 4.93. The minimum atomic E-state index is -0.116. The molecule has 3 heteroatoms. The zero-order valence-corrected chi connectivity index (χ0v) is 14.5. The highest BCUT2D eigenvalue weighted by molar-refractivity contribution is 5.48. The molecule has 0 spiro atoms. The minimum absolute atomic E-state index is 0.116. The summed E-state index contributed by atoms with van der Waals surface area (Å²) in [6.07, 6.45) is 2.69. The van der Waals surface area contributed by atoms with E-state index >= 15 is 0 Å². The van der Waals surface area contributed by atoms with E-state index in [0.29, 0.717) is 6.04 Å². The lowest BCUT2D eigenvalue weighted by Gasteiger charge is -2.31. The second-order valence-corrected chi connectivity index (χ2v) is 6.72. The van der Waals surface area contributed by atoms with Crippen LogP contribution in [0.15, 0.2) is 54.6 Å². The average molecular weight is 324 g/mol. The molecule has 1 aliphatic rings. The van der Waals surface area contributed by atoms with Crippen molar-refractivity contribution in [3.63, 3.8) is 0 Å². The second-order valence-electron chi connectivity index (χ2n) is 6.72. The molecule has 1 saturated heterocycles. The van der Waals surface area contributed by atoms with Gasteiger partial charge in [0.1, 0.15) is 0 Å². The number of aliphatic hydroxyl groups is 1. The molecule has 2 N–H and O–H groups in total. The summed E-state index contributed by atoms with van der Waals surface area (Å²) in [5.41, 5.74) is 3.96. The topological polar surface area (TPSA) is 35.5 Å². The fourth-order valence-electron chi connectivity index (χ4n) is 3.29. The van der Waals surface area contributed by atoms with Gasteiger partial charge in [-0.05, 0) is 56.0 Å².